The molecule has 31 heavy (non-hydrogen) atoms. The highest BCUT2D eigenvalue weighted by Gasteiger charge is 2.18. The molecule has 9 nitrogen and oxygen atoms in total. The van der Waals surface area contributed by atoms with Crippen molar-refractivity contribution in [1.82, 2.24) is 19.9 Å². The fourth-order valence-electron chi connectivity index (χ4n) is 3.49. The van der Waals surface area contributed by atoms with Crippen LogP contribution in [0, 0.1) is 0 Å². The molecule has 2 amide bonds. The fourth-order valence-corrected chi connectivity index (χ4v) is 3.49. The first-order valence-corrected chi connectivity index (χ1v) is 10.0. The Morgan fingerprint density at radius 2 is 1.65 bits per heavy atom. The van der Waals surface area contributed by atoms with E-state index in [1.807, 2.05) is 36.5 Å². The minimum absolute atomic E-state index is 0.321. The number of ether oxygens (including phenoxy) is 1. The van der Waals surface area contributed by atoms with Crippen molar-refractivity contribution in [2.45, 2.75) is 0 Å². The zero-order chi connectivity index (χ0) is 21.0. The lowest BCUT2D eigenvalue weighted by atomic mass is 10.2. The van der Waals surface area contributed by atoms with E-state index in [9.17, 15) is 4.79 Å². The summed E-state index contributed by atoms with van der Waals surface area (Å²) in [4.78, 5) is 31.1. The van der Waals surface area contributed by atoms with Crippen molar-refractivity contribution in [3.05, 3.63) is 61.1 Å². The predicted octanol–water partition coefficient (Wildman–Crippen LogP) is 3.50. The Bertz CT molecular complexity index is 1190. The molecule has 3 N–H and O–H groups in total. The van der Waals surface area contributed by atoms with Crippen LogP contribution in [0.5, 0.6) is 0 Å². The Balaban J connectivity index is 1.36. The van der Waals surface area contributed by atoms with Crippen molar-refractivity contribution in [2.75, 3.05) is 41.8 Å². The number of hydrogen-bond donors (Lipinski definition) is 3. The van der Waals surface area contributed by atoms with Gasteiger partial charge in [0.2, 0.25) is 0 Å². The number of aromatic amines is 1. The zero-order valence-electron chi connectivity index (χ0n) is 16.7. The molecule has 0 spiro atoms. The quantitative estimate of drug-likeness (QED) is 0.471. The minimum Gasteiger partial charge on any atom is -0.378 e. The number of nitrogens with one attached hydrogen (secondary N) is 3. The summed E-state index contributed by atoms with van der Waals surface area (Å²) in [6.45, 7) is 2.95. The van der Waals surface area contributed by atoms with Crippen LogP contribution < -0.4 is 15.5 Å². The molecule has 9 heteroatoms. The van der Waals surface area contributed by atoms with E-state index in [0.29, 0.717) is 30.4 Å². The zero-order valence-corrected chi connectivity index (χ0v) is 16.7. The first-order valence-electron chi connectivity index (χ1n) is 10.0. The maximum absolute atomic E-state index is 12.2. The number of benzene rings is 1. The van der Waals surface area contributed by atoms with Crippen LogP contribution in [-0.4, -0.2) is 52.3 Å². The van der Waals surface area contributed by atoms with Crippen LogP contribution in [0.4, 0.5) is 22.0 Å². The molecule has 0 unspecified atom stereocenters. The number of H-pyrrole nitrogens is 1. The monoisotopic (exact) mass is 415 g/mol. The number of rotatable bonds is 4. The maximum Gasteiger partial charge on any atom is 0.323 e. The van der Waals surface area contributed by atoms with E-state index in [2.05, 4.69) is 25.5 Å². The van der Waals surface area contributed by atoms with E-state index in [0.717, 1.165) is 35.5 Å². The molecule has 1 aromatic carbocycles. The van der Waals surface area contributed by atoms with Crippen LogP contribution in [0.2, 0.25) is 0 Å². The van der Waals surface area contributed by atoms with E-state index in [-0.39, 0.29) is 6.03 Å². The van der Waals surface area contributed by atoms with E-state index in [4.69, 9.17) is 14.7 Å². The van der Waals surface area contributed by atoms with Gasteiger partial charge in [0.05, 0.1) is 18.7 Å². The first kappa shape index (κ1) is 19.0. The Morgan fingerprint density at radius 3 is 2.39 bits per heavy atom. The topological polar surface area (TPSA) is 108 Å². The molecular formula is C22H21N7O2. The SMILES string of the molecule is O=C(Nc1ccncc1)Nc1ccc(-c2nc(N3CCOCC3)c3[nH]ccc3n2)cc1. The molecular weight excluding hydrogens is 394 g/mol. The van der Waals surface area contributed by atoms with E-state index < -0.39 is 0 Å². The molecule has 5 rings (SSSR count). The summed E-state index contributed by atoms with van der Waals surface area (Å²) >= 11 is 0. The number of amides is 2. The largest absolute Gasteiger partial charge is 0.378 e. The number of nitrogens with zero attached hydrogens (tertiary/aromatic N) is 4. The summed E-state index contributed by atoms with van der Waals surface area (Å²) in [5.41, 5.74) is 4.01. The van der Waals surface area contributed by atoms with Crippen molar-refractivity contribution in [1.29, 1.82) is 0 Å². The first-order chi connectivity index (χ1) is 15.3. The summed E-state index contributed by atoms with van der Waals surface area (Å²) in [6.07, 6.45) is 5.12. The van der Waals surface area contributed by atoms with Gasteiger partial charge >= 0.3 is 6.03 Å². The summed E-state index contributed by atoms with van der Waals surface area (Å²) in [7, 11) is 0. The maximum atomic E-state index is 12.2. The van der Waals surface area contributed by atoms with Gasteiger partial charge < -0.3 is 25.3 Å². The van der Waals surface area contributed by atoms with Gasteiger partial charge in [-0.25, -0.2) is 14.8 Å². The molecule has 4 aromatic rings. The number of pyridine rings is 1. The van der Waals surface area contributed by atoms with Gasteiger partial charge in [-0.2, -0.15) is 0 Å². The normalized spacial score (nSPS) is 13.9. The van der Waals surface area contributed by atoms with Crippen molar-refractivity contribution in [2.24, 2.45) is 0 Å². The predicted molar refractivity (Wildman–Crippen MR) is 119 cm³/mol. The summed E-state index contributed by atoms with van der Waals surface area (Å²) in [5.74, 6) is 1.52. The number of urea groups is 1. The second-order valence-electron chi connectivity index (χ2n) is 7.10. The molecule has 0 aliphatic carbocycles. The third kappa shape index (κ3) is 4.17. The van der Waals surface area contributed by atoms with Crippen LogP contribution >= 0.6 is 0 Å². The van der Waals surface area contributed by atoms with Gasteiger partial charge in [-0.3, -0.25) is 4.98 Å². The Hall–Kier alpha value is -3.98. The van der Waals surface area contributed by atoms with Crippen molar-refractivity contribution in [3.63, 3.8) is 0 Å². The molecule has 0 bridgehead atoms. The lowest BCUT2D eigenvalue weighted by Crippen LogP contribution is -2.37. The Labute approximate surface area is 178 Å². The Kier molecular flexibility index (Phi) is 5.16. The van der Waals surface area contributed by atoms with Gasteiger partial charge in [-0.1, -0.05) is 0 Å². The number of carbonyl (C=O) groups is 1. The van der Waals surface area contributed by atoms with E-state index in [1.54, 1.807) is 24.5 Å². The van der Waals surface area contributed by atoms with Crippen LogP contribution in [0.25, 0.3) is 22.4 Å². The van der Waals surface area contributed by atoms with Crippen LogP contribution in [-0.2, 0) is 4.74 Å². The number of hydrogen-bond acceptors (Lipinski definition) is 6. The third-order valence-electron chi connectivity index (χ3n) is 5.04. The molecule has 1 saturated heterocycles. The average molecular weight is 415 g/mol. The molecule has 0 atom stereocenters. The number of aromatic nitrogens is 4. The van der Waals surface area contributed by atoms with Crippen LogP contribution in [0.15, 0.2) is 61.1 Å². The Morgan fingerprint density at radius 1 is 0.935 bits per heavy atom. The van der Waals surface area contributed by atoms with Crippen LogP contribution in [0.3, 0.4) is 0 Å². The smallest absolute Gasteiger partial charge is 0.323 e. The number of morpholine rings is 1. The highest BCUT2D eigenvalue weighted by molar-refractivity contribution is 5.99. The summed E-state index contributed by atoms with van der Waals surface area (Å²) in [5, 5.41) is 5.58. The number of fused-ring (bicyclic) bond motifs is 1. The van der Waals surface area contributed by atoms with Gasteiger partial charge in [0, 0.05) is 48.6 Å². The summed E-state index contributed by atoms with van der Waals surface area (Å²) < 4.78 is 5.47. The molecule has 0 radical (unpaired) electrons. The van der Waals surface area contributed by atoms with Gasteiger partial charge in [0.15, 0.2) is 11.6 Å². The van der Waals surface area contributed by atoms with Gasteiger partial charge in [-0.15, -0.1) is 0 Å². The van der Waals surface area contributed by atoms with E-state index >= 15 is 0 Å². The number of carbonyl (C=O) groups excluding carboxylic acids is 1. The van der Waals surface area contributed by atoms with E-state index in [1.165, 1.54) is 0 Å². The third-order valence-corrected chi connectivity index (χ3v) is 5.04. The fraction of sp³-hybridized carbons (Fsp3) is 0.182. The second kappa shape index (κ2) is 8.41. The molecule has 3 aromatic heterocycles. The van der Waals surface area contributed by atoms with Crippen LogP contribution in [0.1, 0.15) is 0 Å². The molecule has 0 saturated carbocycles. The molecule has 1 aliphatic heterocycles. The highest BCUT2D eigenvalue weighted by atomic mass is 16.5. The van der Waals surface area contributed by atoms with Gasteiger partial charge in [-0.05, 0) is 42.5 Å². The average Bonchev–Trinajstić information content (AvgIpc) is 3.29. The summed E-state index contributed by atoms with van der Waals surface area (Å²) in [6, 6.07) is 12.5. The lowest BCUT2D eigenvalue weighted by molar-refractivity contribution is 0.122. The molecule has 4 heterocycles. The number of anilines is 3. The highest BCUT2D eigenvalue weighted by Crippen LogP contribution is 2.27. The van der Waals surface area contributed by atoms with Crippen molar-refractivity contribution in [3.8, 4) is 11.4 Å². The van der Waals surface area contributed by atoms with Crippen molar-refractivity contribution >= 4 is 34.3 Å². The second-order valence-corrected chi connectivity index (χ2v) is 7.10. The minimum atomic E-state index is -0.321. The van der Waals surface area contributed by atoms with Crippen molar-refractivity contribution < 1.29 is 9.53 Å². The van der Waals surface area contributed by atoms with Gasteiger partial charge in [0.25, 0.3) is 0 Å². The van der Waals surface area contributed by atoms with Gasteiger partial charge in [0.1, 0.15) is 5.52 Å². The molecule has 1 fully saturated rings. The molecule has 156 valence electrons. The molecule has 1 aliphatic rings. The lowest BCUT2D eigenvalue weighted by Gasteiger charge is -2.28. The standard InChI is InChI=1S/C22H21N7O2/c30-22(26-17-5-8-23-9-6-17)25-16-3-1-15(2-4-16)20-27-18-7-10-24-19(18)21(28-20)29-11-13-31-14-12-29/h1-10,24H,11-14H2,(H2,23,25,26,30).